The van der Waals surface area contributed by atoms with Gasteiger partial charge in [0.1, 0.15) is 0 Å². The summed E-state index contributed by atoms with van der Waals surface area (Å²) in [4.78, 5) is 40.7. The maximum Gasteiger partial charge on any atom is 0.311 e. The van der Waals surface area contributed by atoms with Crippen LogP contribution in [0.4, 0.5) is 0 Å². The molecule has 0 spiro atoms. The number of nitrogens with one attached hydrogen (secondary N) is 1. The van der Waals surface area contributed by atoms with Gasteiger partial charge in [-0.05, 0) is 43.2 Å². The van der Waals surface area contributed by atoms with Crippen LogP contribution >= 0.6 is 0 Å². The zero-order chi connectivity index (χ0) is 18.1. The molecule has 1 saturated heterocycles. The molecule has 2 fully saturated rings. The minimum atomic E-state index is -0.534. The molecule has 1 aromatic carbocycles. The molecule has 6 nitrogen and oxygen atoms in total. The van der Waals surface area contributed by atoms with E-state index in [4.69, 9.17) is 0 Å². The quantitative estimate of drug-likeness (QED) is 0.812. The van der Waals surface area contributed by atoms with Crippen LogP contribution in [0.5, 0.6) is 0 Å². The third-order valence-corrected chi connectivity index (χ3v) is 5.65. The highest BCUT2D eigenvalue weighted by Gasteiger charge is 2.35. The van der Waals surface area contributed by atoms with Gasteiger partial charge in [0.25, 0.3) is 0 Å². The van der Waals surface area contributed by atoms with Gasteiger partial charge in [-0.25, -0.2) is 0 Å². The lowest BCUT2D eigenvalue weighted by molar-refractivity contribution is -0.146. The van der Waals surface area contributed by atoms with E-state index < -0.39 is 11.8 Å². The second-order valence-electron chi connectivity index (χ2n) is 7.51. The molecule has 138 valence electrons. The minimum absolute atomic E-state index is 0.0810. The third-order valence-electron chi connectivity index (χ3n) is 5.65. The molecule has 1 aromatic rings. The summed E-state index contributed by atoms with van der Waals surface area (Å²) in [5.41, 5.74) is 2.36. The number of hydrogen-bond donors (Lipinski definition) is 1. The predicted octanol–water partition coefficient (Wildman–Crippen LogP) is 1.26. The highest BCUT2D eigenvalue weighted by Crippen LogP contribution is 2.32. The Hall–Kier alpha value is -2.37. The summed E-state index contributed by atoms with van der Waals surface area (Å²) in [6.07, 6.45) is 4.47. The normalized spacial score (nSPS) is 22.5. The maximum absolute atomic E-state index is 12.6. The fraction of sp³-hybridized carbons (Fsp3) is 0.550. The lowest BCUT2D eigenvalue weighted by Gasteiger charge is -2.22. The number of carbonyl (C=O) groups is 3. The molecule has 1 unspecified atom stereocenters. The van der Waals surface area contributed by atoms with Gasteiger partial charge >= 0.3 is 11.8 Å². The Labute approximate surface area is 153 Å². The molecule has 1 N–H and O–H groups in total. The van der Waals surface area contributed by atoms with Gasteiger partial charge in [-0.15, -0.1) is 0 Å². The van der Waals surface area contributed by atoms with Crippen LogP contribution in [0.3, 0.4) is 0 Å². The molecule has 0 radical (unpaired) electrons. The number of amides is 3. The Morgan fingerprint density at radius 1 is 0.923 bits per heavy atom. The smallest absolute Gasteiger partial charge is 0.311 e. The average Bonchev–Trinajstić information content (AvgIpc) is 3.46. The lowest BCUT2D eigenvalue weighted by atomic mass is 10.1. The molecule has 3 amide bonds. The molecule has 4 rings (SSSR count). The molecule has 1 saturated carbocycles. The van der Waals surface area contributed by atoms with E-state index in [0.717, 1.165) is 37.7 Å². The molecule has 0 bridgehead atoms. The van der Waals surface area contributed by atoms with Gasteiger partial charge < -0.3 is 15.1 Å². The van der Waals surface area contributed by atoms with Crippen molar-refractivity contribution in [2.24, 2.45) is 5.92 Å². The van der Waals surface area contributed by atoms with Crippen LogP contribution in [-0.4, -0.2) is 53.7 Å². The first-order chi connectivity index (χ1) is 12.6. The first-order valence-electron chi connectivity index (χ1n) is 9.60. The van der Waals surface area contributed by atoms with Crippen LogP contribution in [0.15, 0.2) is 24.3 Å². The van der Waals surface area contributed by atoms with E-state index in [1.807, 2.05) is 23.1 Å². The van der Waals surface area contributed by atoms with Crippen molar-refractivity contribution in [2.45, 2.75) is 38.1 Å². The van der Waals surface area contributed by atoms with Crippen molar-refractivity contribution in [2.75, 3.05) is 26.2 Å². The molecule has 0 aromatic heterocycles. The van der Waals surface area contributed by atoms with E-state index in [9.17, 15) is 14.4 Å². The predicted molar refractivity (Wildman–Crippen MR) is 96.1 cm³/mol. The van der Waals surface area contributed by atoms with Crippen LogP contribution in [0.1, 0.15) is 42.9 Å². The second kappa shape index (κ2) is 7.09. The molecular formula is C20H25N3O3. The minimum Gasteiger partial charge on any atom is -0.341 e. The Balaban J connectivity index is 1.34. The number of nitrogens with zero attached hydrogens (tertiary/aromatic N) is 2. The summed E-state index contributed by atoms with van der Waals surface area (Å²) in [7, 11) is 0. The fourth-order valence-electron chi connectivity index (χ4n) is 4.00. The fourth-order valence-corrected chi connectivity index (χ4v) is 4.00. The molecule has 1 heterocycles. The SMILES string of the molecule is O=C(NC1CCc2ccccc21)C(=O)N1CCCN(C(=O)C2CC2)CC1. The molecular weight excluding hydrogens is 330 g/mol. The number of aryl methyl sites for hydroxylation is 1. The van der Waals surface area contributed by atoms with Gasteiger partial charge in [0, 0.05) is 32.1 Å². The first-order valence-corrected chi connectivity index (χ1v) is 9.60. The van der Waals surface area contributed by atoms with Crippen LogP contribution < -0.4 is 5.32 Å². The summed E-state index contributed by atoms with van der Waals surface area (Å²) in [6, 6.07) is 7.97. The van der Waals surface area contributed by atoms with Gasteiger partial charge in [-0.1, -0.05) is 24.3 Å². The van der Waals surface area contributed by atoms with Gasteiger partial charge in [0.05, 0.1) is 6.04 Å². The number of hydrogen-bond acceptors (Lipinski definition) is 3. The summed E-state index contributed by atoms with van der Waals surface area (Å²) in [6.45, 7) is 2.17. The highest BCUT2D eigenvalue weighted by molar-refractivity contribution is 6.35. The Morgan fingerprint density at radius 2 is 1.65 bits per heavy atom. The second-order valence-corrected chi connectivity index (χ2v) is 7.51. The number of fused-ring (bicyclic) bond motifs is 1. The van der Waals surface area contributed by atoms with Crippen molar-refractivity contribution in [3.8, 4) is 0 Å². The first kappa shape index (κ1) is 17.1. The van der Waals surface area contributed by atoms with Gasteiger partial charge in [0.15, 0.2) is 0 Å². The monoisotopic (exact) mass is 355 g/mol. The van der Waals surface area contributed by atoms with E-state index in [-0.39, 0.29) is 17.9 Å². The van der Waals surface area contributed by atoms with Gasteiger partial charge in [-0.3, -0.25) is 14.4 Å². The molecule has 1 atom stereocenters. The number of benzene rings is 1. The summed E-state index contributed by atoms with van der Waals surface area (Å²) in [5, 5.41) is 2.90. The summed E-state index contributed by atoms with van der Waals surface area (Å²) < 4.78 is 0. The van der Waals surface area contributed by atoms with Crippen LogP contribution in [0.25, 0.3) is 0 Å². The summed E-state index contributed by atoms with van der Waals surface area (Å²) >= 11 is 0. The van der Waals surface area contributed by atoms with E-state index in [2.05, 4.69) is 11.4 Å². The largest absolute Gasteiger partial charge is 0.341 e. The van der Waals surface area contributed by atoms with Crippen molar-refractivity contribution in [3.05, 3.63) is 35.4 Å². The molecule has 3 aliphatic rings. The van der Waals surface area contributed by atoms with Crippen LogP contribution in [0.2, 0.25) is 0 Å². The molecule has 1 aliphatic heterocycles. The van der Waals surface area contributed by atoms with E-state index >= 15 is 0 Å². The molecule has 6 heteroatoms. The molecule has 2 aliphatic carbocycles. The van der Waals surface area contributed by atoms with Crippen molar-refractivity contribution in [3.63, 3.8) is 0 Å². The van der Waals surface area contributed by atoms with E-state index in [1.165, 1.54) is 5.56 Å². The average molecular weight is 355 g/mol. The van der Waals surface area contributed by atoms with Crippen molar-refractivity contribution >= 4 is 17.7 Å². The highest BCUT2D eigenvalue weighted by atomic mass is 16.2. The zero-order valence-electron chi connectivity index (χ0n) is 14.9. The van der Waals surface area contributed by atoms with Gasteiger partial charge in [0.2, 0.25) is 5.91 Å². The van der Waals surface area contributed by atoms with Crippen LogP contribution in [-0.2, 0) is 20.8 Å². The standard InChI is InChI=1S/C20H25N3O3/c24-18(21-17-9-8-14-4-1-2-5-16(14)17)20(26)23-11-3-10-22(12-13-23)19(25)15-6-7-15/h1-2,4-5,15,17H,3,6-13H2,(H,21,24). The summed E-state index contributed by atoms with van der Waals surface area (Å²) in [5.74, 6) is -0.599. The van der Waals surface area contributed by atoms with Crippen molar-refractivity contribution in [1.82, 2.24) is 15.1 Å². The Bertz CT molecular complexity index is 729. The lowest BCUT2D eigenvalue weighted by Crippen LogP contribution is -2.45. The molecule has 26 heavy (non-hydrogen) atoms. The van der Waals surface area contributed by atoms with Gasteiger partial charge in [-0.2, -0.15) is 0 Å². The number of carbonyl (C=O) groups excluding carboxylic acids is 3. The maximum atomic E-state index is 12.6. The number of rotatable bonds is 2. The Morgan fingerprint density at radius 3 is 2.46 bits per heavy atom. The van der Waals surface area contributed by atoms with E-state index in [0.29, 0.717) is 26.2 Å². The Kier molecular flexibility index (Phi) is 4.66. The van der Waals surface area contributed by atoms with Crippen molar-refractivity contribution in [1.29, 1.82) is 0 Å². The van der Waals surface area contributed by atoms with Crippen molar-refractivity contribution < 1.29 is 14.4 Å². The topological polar surface area (TPSA) is 69.7 Å². The van der Waals surface area contributed by atoms with Crippen LogP contribution in [0, 0.1) is 5.92 Å². The van der Waals surface area contributed by atoms with E-state index in [1.54, 1.807) is 4.90 Å². The zero-order valence-corrected chi connectivity index (χ0v) is 14.9. The third kappa shape index (κ3) is 3.45.